The van der Waals surface area contributed by atoms with Gasteiger partial charge in [0.15, 0.2) is 0 Å². The summed E-state index contributed by atoms with van der Waals surface area (Å²) in [7, 11) is -3.68. The lowest BCUT2D eigenvalue weighted by Gasteiger charge is -2.14. The van der Waals surface area contributed by atoms with E-state index in [-0.39, 0.29) is 16.2 Å². The summed E-state index contributed by atoms with van der Waals surface area (Å²) in [5, 5.41) is 2.53. The summed E-state index contributed by atoms with van der Waals surface area (Å²) in [5.41, 5.74) is 0. The van der Waals surface area contributed by atoms with Crippen molar-refractivity contribution in [3.05, 3.63) is 34.3 Å². The van der Waals surface area contributed by atoms with Crippen LogP contribution in [-0.4, -0.2) is 23.4 Å². The van der Waals surface area contributed by atoms with Crippen molar-refractivity contribution in [2.75, 3.05) is 0 Å². The molecule has 102 valence electrons. The molecule has 0 bridgehead atoms. The molecular weight excluding hydrogens is 308 g/mol. The molecule has 19 heavy (non-hydrogen) atoms. The fraction of sp³-hybridized carbons (Fsp3) is 0.300. The average molecular weight is 319 g/mol. The first-order valence-electron chi connectivity index (χ1n) is 5.42. The molecule has 0 aliphatic carbocycles. The van der Waals surface area contributed by atoms with Crippen LogP contribution in [0.3, 0.4) is 0 Å². The number of aromatic nitrogens is 3. The molecule has 1 N–H and O–H groups in total. The first-order chi connectivity index (χ1) is 9.03. The van der Waals surface area contributed by atoms with E-state index in [9.17, 15) is 8.42 Å². The second-order valence-corrected chi connectivity index (χ2v) is 6.62. The summed E-state index contributed by atoms with van der Waals surface area (Å²) in [6.45, 7) is 1.88. The Hall–Kier alpha value is -1.09. The predicted octanol–water partition coefficient (Wildman–Crippen LogP) is 2.02. The minimum atomic E-state index is -3.68. The highest BCUT2D eigenvalue weighted by atomic mass is 35.5. The third kappa shape index (κ3) is 3.47. The maximum atomic E-state index is 12.2. The largest absolute Gasteiger partial charge is 0.248 e. The molecule has 9 heteroatoms. The Morgan fingerprint density at radius 2 is 2.05 bits per heavy atom. The Labute approximate surface area is 119 Å². The third-order valence-electron chi connectivity index (χ3n) is 2.36. The zero-order valence-electron chi connectivity index (χ0n) is 9.95. The summed E-state index contributed by atoms with van der Waals surface area (Å²) in [4.78, 5) is 11.4. The van der Waals surface area contributed by atoms with Gasteiger partial charge in [-0.15, -0.1) is 11.3 Å². The van der Waals surface area contributed by atoms with Crippen LogP contribution in [0.2, 0.25) is 5.28 Å². The molecule has 6 nitrogen and oxygen atoms in total. The van der Waals surface area contributed by atoms with E-state index in [0.717, 1.165) is 5.01 Å². The van der Waals surface area contributed by atoms with Crippen molar-refractivity contribution in [1.29, 1.82) is 0 Å². The Morgan fingerprint density at radius 1 is 1.37 bits per heavy atom. The van der Waals surface area contributed by atoms with Crippen LogP contribution in [0.15, 0.2) is 28.9 Å². The molecule has 0 amide bonds. The highest BCUT2D eigenvalue weighted by Gasteiger charge is 2.22. The minimum Gasteiger partial charge on any atom is -0.248 e. The Morgan fingerprint density at radius 3 is 2.58 bits per heavy atom. The molecule has 0 radical (unpaired) electrons. The van der Waals surface area contributed by atoms with E-state index in [2.05, 4.69) is 19.7 Å². The van der Waals surface area contributed by atoms with E-state index in [0.29, 0.717) is 6.42 Å². The molecule has 0 aliphatic rings. The molecule has 0 fully saturated rings. The van der Waals surface area contributed by atoms with Gasteiger partial charge < -0.3 is 0 Å². The highest BCUT2D eigenvalue weighted by Crippen LogP contribution is 2.21. The van der Waals surface area contributed by atoms with Gasteiger partial charge in [-0.25, -0.2) is 28.1 Å². The highest BCUT2D eigenvalue weighted by molar-refractivity contribution is 7.89. The van der Waals surface area contributed by atoms with Crippen LogP contribution in [0.5, 0.6) is 0 Å². The number of thiazole rings is 1. The van der Waals surface area contributed by atoms with E-state index in [1.807, 2.05) is 6.92 Å². The molecule has 0 spiro atoms. The molecule has 0 aromatic carbocycles. The molecule has 1 unspecified atom stereocenters. The summed E-state index contributed by atoms with van der Waals surface area (Å²) < 4.78 is 26.9. The molecule has 0 aliphatic heterocycles. The summed E-state index contributed by atoms with van der Waals surface area (Å²) in [6, 6.07) is -0.360. The van der Waals surface area contributed by atoms with Gasteiger partial charge in [-0.05, 0) is 18.0 Å². The molecule has 1 atom stereocenters. The van der Waals surface area contributed by atoms with Crippen molar-refractivity contribution in [3.8, 4) is 0 Å². The van der Waals surface area contributed by atoms with Gasteiger partial charge in [-0.1, -0.05) is 6.92 Å². The van der Waals surface area contributed by atoms with Crippen LogP contribution < -0.4 is 4.72 Å². The SMILES string of the molecule is CCC(NS(=O)(=O)c1cnc(Cl)nc1)c1nccs1. The topological polar surface area (TPSA) is 84.8 Å². The average Bonchev–Trinajstić information content (AvgIpc) is 2.90. The zero-order chi connectivity index (χ0) is 13.9. The quantitative estimate of drug-likeness (QED) is 0.852. The van der Waals surface area contributed by atoms with E-state index in [1.54, 1.807) is 11.6 Å². The Kier molecular flexibility index (Phi) is 4.46. The molecule has 2 aromatic rings. The lowest BCUT2D eigenvalue weighted by atomic mass is 10.3. The van der Waals surface area contributed by atoms with Gasteiger partial charge in [-0.3, -0.25) is 0 Å². The van der Waals surface area contributed by atoms with Crippen LogP contribution in [0, 0.1) is 0 Å². The minimum absolute atomic E-state index is 0.00548. The van der Waals surface area contributed by atoms with Gasteiger partial charge in [0.05, 0.1) is 18.4 Å². The summed E-state index contributed by atoms with van der Waals surface area (Å²) in [5.74, 6) is 0. The number of rotatable bonds is 5. The van der Waals surface area contributed by atoms with E-state index >= 15 is 0 Å². The van der Waals surface area contributed by atoms with Gasteiger partial charge in [0.25, 0.3) is 0 Å². The fourth-order valence-corrected chi connectivity index (χ4v) is 3.53. The van der Waals surface area contributed by atoms with Crippen molar-refractivity contribution in [3.63, 3.8) is 0 Å². The van der Waals surface area contributed by atoms with E-state index in [4.69, 9.17) is 11.6 Å². The van der Waals surface area contributed by atoms with Crippen molar-refractivity contribution in [1.82, 2.24) is 19.7 Å². The number of hydrogen-bond donors (Lipinski definition) is 1. The second kappa shape index (κ2) is 5.91. The van der Waals surface area contributed by atoms with Crippen LogP contribution in [-0.2, 0) is 10.0 Å². The maximum absolute atomic E-state index is 12.2. The van der Waals surface area contributed by atoms with Gasteiger partial charge in [0, 0.05) is 11.6 Å². The number of sulfonamides is 1. The van der Waals surface area contributed by atoms with Gasteiger partial charge in [0.2, 0.25) is 15.3 Å². The molecule has 2 aromatic heterocycles. The van der Waals surface area contributed by atoms with Crippen molar-refractivity contribution in [2.24, 2.45) is 0 Å². The third-order valence-corrected chi connectivity index (χ3v) is 4.87. The fourth-order valence-electron chi connectivity index (χ4n) is 1.41. The van der Waals surface area contributed by atoms with Crippen molar-refractivity contribution in [2.45, 2.75) is 24.3 Å². The molecule has 2 rings (SSSR count). The van der Waals surface area contributed by atoms with Crippen LogP contribution >= 0.6 is 22.9 Å². The second-order valence-electron chi connectivity index (χ2n) is 3.64. The Bertz CT molecular complexity index is 628. The van der Waals surface area contributed by atoms with E-state index < -0.39 is 10.0 Å². The first kappa shape index (κ1) is 14.3. The van der Waals surface area contributed by atoms with Crippen LogP contribution in [0.25, 0.3) is 0 Å². The monoisotopic (exact) mass is 318 g/mol. The smallest absolute Gasteiger partial charge is 0.244 e. The molecular formula is C10H11ClN4O2S2. The van der Waals surface area contributed by atoms with Gasteiger partial charge in [-0.2, -0.15) is 0 Å². The standard InChI is InChI=1S/C10H11ClN4O2S2/c1-2-8(9-12-3-4-18-9)15-19(16,17)7-5-13-10(11)14-6-7/h3-6,8,15H,2H2,1H3. The number of halogens is 1. The van der Waals surface area contributed by atoms with Gasteiger partial charge in [0.1, 0.15) is 9.90 Å². The maximum Gasteiger partial charge on any atom is 0.244 e. The first-order valence-corrected chi connectivity index (χ1v) is 8.16. The number of hydrogen-bond acceptors (Lipinski definition) is 6. The molecule has 0 saturated heterocycles. The summed E-state index contributed by atoms with van der Waals surface area (Å²) >= 11 is 6.93. The van der Waals surface area contributed by atoms with E-state index in [1.165, 1.54) is 23.7 Å². The summed E-state index contributed by atoms with van der Waals surface area (Å²) in [6.07, 6.45) is 4.59. The lowest BCUT2D eigenvalue weighted by molar-refractivity contribution is 0.548. The normalized spacial score (nSPS) is 13.4. The zero-order valence-corrected chi connectivity index (χ0v) is 12.3. The van der Waals surface area contributed by atoms with Crippen molar-refractivity contribution < 1.29 is 8.42 Å². The number of nitrogens with one attached hydrogen (secondary N) is 1. The number of nitrogens with zero attached hydrogens (tertiary/aromatic N) is 3. The predicted molar refractivity (Wildman–Crippen MR) is 72.5 cm³/mol. The molecule has 2 heterocycles. The van der Waals surface area contributed by atoms with Crippen molar-refractivity contribution >= 4 is 33.0 Å². The molecule has 0 saturated carbocycles. The Balaban J connectivity index is 2.23. The van der Waals surface area contributed by atoms with Crippen LogP contribution in [0.1, 0.15) is 24.4 Å². The lowest BCUT2D eigenvalue weighted by Crippen LogP contribution is -2.28. The van der Waals surface area contributed by atoms with Gasteiger partial charge >= 0.3 is 0 Å². The van der Waals surface area contributed by atoms with Crippen LogP contribution in [0.4, 0.5) is 0 Å².